The highest BCUT2D eigenvalue weighted by Gasteiger charge is 2.09. The van der Waals surface area contributed by atoms with Crippen LogP contribution < -0.4 is 5.32 Å². The van der Waals surface area contributed by atoms with Crippen LogP contribution in [0.3, 0.4) is 0 Å². The summed E-state index contributed by atoms with van der Waals surface area (Å²) >= 11 is 0. The maximum atomic E-state index is 13.0. The first-order chi connectivity index (χ1) is 6.61. The molecule has 0 heterocycles. The Morgan fingerprint density at radius 2 is 2.00 bits per heavy atom. The van der Waals surface area contributed by atoms with Crippen LogP contribution in [0, 0.1) is 5.82 Å². The number of thiol groups is 1. The number of benzene rings is 1. The van der Waals surface area contributed by atoms with Crippen LogP contribution in [0.2, 0.25) is 0 Å². The van der Waals surface area contributed by atoms with E-state index in [1.165, 1.54) is 18.2 Å². The molecule has 0 radical (unpaired) electrons. The van der Waals surface area contributed by atoms with Gasteiger partial charge in [-0.2, -0.15) is 0 Å². The number of halogens is 1. The Labute approximate surface area is 81.7 Å². The second kappa shape index (κ2) is 4.71. The largest absolute Gasteiger partial charge is 0.338 e. The molecule has 4 nitrogen and oxygen atoms in total. The van der Waals surface area contributed by atoms with Crippen molar-refractivity contribution in [2.75, 3.05) is 5.88 Å². The first kappa shape index (κ1) is 10.6. The Morgan fingerprint density at radius 1 is 1.36 bits per heavy atom. The SMILES string of the molecule is O=C(NC[SH](=O)=O)c1ccccc1F. The number of nitrogens with one attached hydrogen (secondary N) is 1. The lowest BCUT2D eigenvalue weighted by Gasteiger charge is -2.01. The van der Waals surface area contributed by atoms with Gasteiger partial charge in [-0.25, -0.2) is 12.8 Å². The van der Waals surface area contributed by atoms with E-state index >= 15 is 0 Å². The van der Waals surface area contributed by atoms with E-state index in [-0.39, 0.29) is 5.56 Å². The average Bonchev–Trinajstić information content (AvgIpc) is 2.15. The second-order valence-electron chi connectivity index (χ2n) is 2.48. The minimum absolute atomic E-state index is 0.163. The van der Waals surface area contributed by atoms with Gasteiger partial charge in [0, 0.05) is 0 Å². The van der Waals surface area contributed by atoms with Crippen molar-refractivity contribution in [3.05, 3.63) is 35.6 Å². The van der Waals surface area contributed by atoms with Gasteiger partial charge in [0.05, 0.1) is 5.56 Å². The van der Waals surface area contributed by atoms with E-state index in [0.717, 1.165) is 6.07 Å². The average molecular weight is 217 g/mol. The summed E-state index contributed by atoms with van der Waals surface area (Å²) in [6.07, 6.45) is 0. The van der Waals surface area contributed by atoms with Crippen molar-refractivity contribution in [2.45, 2.75) is 0 Å². The van der Waals surface area contributed by atoms with Crippen molar-refractivity contribution in [2.24, 2.45) is 0 Å². The number of amides is 1. The van der Waals surface area contributed by atoms with Crippen LogP contribution in [0.5, 0.6) is 0 Å². The van der Waals surface area contributed by atoms with Crippen LogP contribution in [0.25, 0.3) is 0 Å². The molecule has 0 unspecified atom stereocenters. The molecule has 0 aromatic heterocycles. The van der Waals surface area contributed by atoms with Gasteiger partial charge in [-0.05, 0) is 12.1 Å². The normalized spacial score (nSPS) is 10.1. The lowest BCUT2D eigenvalue weighted by atomic mass is 10.2. The zero-order valence-corrected chi connectivity index (χ0v) is 7.96. The molecule has 0 spiro atoms. The highest BCUT2D eigenvalue weighted by molar-refractivity contribution is 7.72. The predicted octanol–water partition coefficient (Wildman–Crippen LogP) is 0.124. The van der Waals surface area contributed by atoms with E-state index in [1.54, 1.807) is 0 Å². The van der Waals surface area contributed by atoms with Crippen LogP contribution >= 0.6 is 0 Å². The summed E-state index contributed by atoms with van der Waals surface area (Å²) < 4.78 is 33.2. The maximum absolute atomic E-state index is 13.0. The van der Waals surface area contributed by atoms with E-state index in [1.807, 2.05) is 0 Å². The third kappa shape index (κ3) is 2.81. The van der Waals surface area contributed by atoms with E-state index < -0.39 is 28.3 Å². The highest BCUT2D eigenvalue weighted by Crippen LogP contribution is 2.05. The molecule has 1 rings (SSSR count). The van der Waals surface area contributed by atoms with Crippen molar-refractivity contribution in [3.63, 3.8) is 0 Å². The zero-order valence-electron chi connectivity index (χ0n) is 7.07. The monoisotopic (exact) mass is 217 g/mol. The van der Waals surface area contributed by atoms with Crippen molar-refractivity contribution in [1.82, 2.24) is 5.32 Å². The molecule has 0 saturated carbocycles. The molecular formula is C8H8FNO3S. The zero-order chi connectivity index (χ0) is 10.6. The minimum Gasteiger partial charge on any atom is -0.338 e. The Kier molecular flexibility index (Phi) is 3.58. The van der Waals surface area contributed by atoms with Gasteiger partial charge in [0.25, 0.3) is 5.91 Å². The molecule has 6 heteroatoms. The molecule has 1 aromatic carbocycles. The van der Waals surface area contributed by atoms with E-state index in [9.17, 15) is 17.6 Å². The molecule has 0 atom stereocenters. The van der Waals surface area contributed by atoms with Gasteiger partial charge in [0.1, 0.15) is 11.7 Å². The van der Waals surface area contributed by atoms with Crippen molar-refractivity contribution in [1.29, 1.82) is 0 Å². The van der Waals surface area contributed by atoms with Gasteiger partial charge in [-0.15, -0.1) is 0 Å². The summed E-state index contributed by atoms with van der Waals surface area (Å²) in [5.74, 6) is -1.89. The number of hydrogen-bond donors (Lipinski definition) is 2. The van der Waals surface area contributed by atoms with Crippen LogP contribution in [0.1, 0.15) is 10.4 Å². The lowest BCUT2D eigenvalue weighted by molar-refractivity contribution is 0.0956. The molecule has 0 aliphatic rings. The fraction of sp³-hybridized carbons (Fsp3) is 0.125. The molecule has 0 aliphatic carbocycles. The first-order valence-corrected chi connectivity index (χ1v) is 5.12. The quantitative estimate of drug-likeness (QED) is 0.707. The minimum atomic E-state index is -2.69. The highest BCUT2D eigenvalue weighted by atomic mass is 32.2. The summed E-state index contributed by atoms with van der Waals surface area (Å²) in [5, 5.41) is 2.06. The van der Waals surface area contributed by atoms with E-state index in [2.05, 4.69) is 5.32 Å². The smallest absolute Gasteiger partial charge is 0.255 e. The number of hydrogen-bond acceptors (Lipinski definition) is 3. The summed E-state index contributed by atoms with van der Waals surface area (Å²) in [6, 6.07) is 5.35. The maximum Gasteiger partial charge on any atom is 0.255 e. The van der Waals surface area contributed by atoms with Crippen LogP contribution in [-0.4, -0.2) is 20.2 Å². The molecule has 1 N–H and O–H groups in total. The molecule has 0 saturated heterocycles. The fourth-order valence-corrected chi connectivity index (χ4v) is 1.15. The van der Waals surface area contributed by atoms with Gasteiger partial charge >= 0.3 is 0 Å². The third-order valence-electron chi connectivity index (χ3n) is 1.49. The van der Waals surface area contributed by atoms with Gasteiger partial charge < -0.3 is 5.32 Å². The first-order valence-electron chi connectivity index (χ1n) is 3.76. The number of carbonyl (C=O) groups excluding carboxylic acids is 1. The topological polar surface area (TPSA) is 63.2 Å². The van der Waals surface area contributed by atoms with E-state index in [0.29, 0.717) is 0 Å². The lowest BCUT2D eigenvalue weighted by Crippen LogP contribution is -2.25. The Bertz CT molecular complexity index is 409. The van der Waals surface area contributed by atoms with E-state index in [4.69, 9.17) is 0 Å². The van der Waals surface area contributed by atoms with Crippen LogP contribution in [0.15, 0.2) is 24.3 Å². The summed E-state index contributed by atoms with van der Waals surface area (Å²) in [7, 11) is -2.69. The van der Waals surface area contributed by atoms with Crippen LogP contribution in [0.4, 0.5) is 4.39 Å². The van der Waals surface area contributed by atoms with Gasteiger partial charge in [-0.1, -0.05) is 12.1 Å². The molecule has 0 bridgehead atoms. The van der Waals surface area contributed by atoms with Gasteiger partial charge in [0.2, 0.25) is 0 Å². The fourth-order valence-electron chi connectivity index (χ4n) is 0.877. The Balaban J connectivity index is 2.75. The van der Waals surface area contributed by atoms with Crippen molar-refractivity contribution < 1.29 is 17.6 Å². The molecule has 1 aromatic rings. The summed E-state index contributed by atoms with van der Waals surface area (Å²) in [5.41, 5.74) is -0.163. The van der Waals surface area contributed by atoms with Crippen LogP contribution in [-0.2, 0) is 10.7 Å². The summed E-state index contributed by atoms with van der Waals surface area (Å²) in [4.78, 5) is 11.2. The second-order valence-corrected chi connectivity index (χ2v) is 3.46. The number of carbonyl (C=O) groups is 1. The van der Waals surface area contributed by atoms with Crippen molar-refractivity contribution >= 4 is 16.6 Å². The molecule has 14 heavy (non-hydrogen) atoms. The predicted molar refractivity (Wildman–Crippen MR) is 49.0 cm³/mol. The third-order valence-corrected chi connectivity index (χ3v) is 1.90. The standard InChI is InChI=1S/C8H8FNO3S/c9-7-4-2-1-3-6(7)8(11)10-5-14(12)13/h1-4,14H,5H2,(H,10,11). The molecule has 0 aliphatic heterocycles. The van der Waals surface area contributed by atoms with Crippen molar-refractivity contribution in [3.8, 4) is 0 Å². The van der Waals surface area contributed by atoms with Gasteiger partial charge in [0.15, 0.2) is 10.7 Å². The Morgan fingerprint density at radius 3 is 2.57 bits per heavy atom. The molecular weight excluding hydrogens is 209 g/mol. The van der Waals surface area contributed by atoms with Gasteiger partial charge in [-0.3, -0.25) is 4.79 Å². The summed E-state index contributed by atoms with van der Waals surface area (Å²) in [6.45, 7) is 0. The molecule has 0 fully saturated rings. The molecule has 1 amide bonds. The number of rotatable bonds is 3. The molecule has 76 valence electrons. The Hall–Kier alpha value is -1.43.